The maximum atomic E-state index is 13.0. The fourth-order valence-corrected chi connectivity index (χ4v) is 6.01. The molecule has 2 aromatic heterocycles. The van der Waals surface area contributed by atoms with Gasteiger partial charge in [0.2, 0.25) is 0 Å². The van der Waals surface area contributed by atoms with E-state index >= 15 is 0 Å². The summed E-state index contributed by atoms with van der Waals surface area (Å²) >= 11 is 0. The number of fused-ring (bicyclic) bond motifs is 2. The predicted molar refractivity (Wildman–Crippen MR) is 126 cm³/mol. The summed E-state index contributed by atoms with van der Waals surface area (Å²) in [6.07, 6.45) is 8.22. The molecule has 6 rings (SSSR count). The van der Waals surface area contributed by atoms with Crippen LogP contribution in [0.2, 0.25) is 0 Å². The van der Waals surface area contributed by atoms with Crippen molar-refractivity contribution in [3.05, 3.63) is 35.8 Å². The Balaban J connectivity index is 1.30. The third-order valence-corrected chi connectivity index (χ3v) is 7.93. The SMILES string of the molecule is CC1CN(c2ncnc3c2C2(CCC2)CN3c2cc(C#N)ccn2)CCN1C(=O)C1CCCO1. The highest BCUT2D eigenvalue weighted by molar-refractivity contribution is 5.82. The quantitative estimate of drug-likeness (QED) is 0.691. The fraction of sp³-hybridized carbons (Fsp3) is 0.560. The van der Waals surface area contributed by atoms with Crippen LogP contribution in [0.5, 0.6) is 0 Å². The zero-order valence-electron chi connectivity index (χ0n) is 19.5. The maximum Gasteiger partial charge on any atom is 0.252 e. The summed E-state index contributed by atoms with van der Waals surface area (Å²) in [6.45, 7) is 5.75. The minimum atomic E-state index is -0.277. The minimum Gasteiger partial charge on any atom is -0.368 e. The van der Waals surface area contributed by atoms with Crippen molar-refractivity contribution in [2.75, 3.05) is 42.6 Å². The Bertz CT molecular complexity index is 1150. The summed E-state index contributed by atoms with van der Waals surface area (Å²) in [7, 11) is 0. The third kappa shape index (κ3) is 3.31. The molecule has 2 unspecified atom stereocenters. The van der Waals surface area contributed by atoms with Crippen LogP contribution in [0.4, 0.5) is 17.5 Å². The van der Waals surface area contributed by atoms with Crippen LogP contribution in [0.3, 0.4) is 0 Å². The van der Waals surface area contributed by atoms with E-state index in [2.05, 4.69) is 27.8 Å². The Morgan fingerprint density at radius 1 is 1.21 bits per heavy atom. The lowest BCUT2D eigenvalue weighted by Gasteiger charge is -2.44. The molecule has 0 bridgehead atoms. The van der Waals surface area contributed by atoms with Gasteiger partial charge in [0.05, 0.1) is 11.6 Å². The summed E-state index contributed by atoms with van der Waals surface area (Å²) in [5.41, 5.74) is 1.82. The molecule has 4 aliphatic rings. The first-order valence-corrected chi connectivity index (χ1v) is 12.3. The number of aromatic nitrogens is 3. The molecule has 0 aromatic carbocycles. The number of pyridine rings is 1. The van der Waals surface area contributed by atoms with E-state index in [0.29, 0.717) is 18.7 Å². The molecule has 1 spiro atoms. The highest BCUT2D eigenvalue weighted by atomic mass is 16.5. The lowest BCUT2D eigenvalue weighted by Crippen LogP contribution is -2.56. The molecule has 1 aliphatic carbocycles. The monoisotopic (exact) mass is 459 g/mol. The first-order valence-electron chi connectivity index (χ1n) is 12.3. The van der Waals surface area contributed by atoms with Crippen molar-refractivity contribution in [1.29, 1.82) is 5.26 Å². The van der Waals surface area contributed by atoms with Crippen LogP contribution in [0, 0.1) is 11.3 Å². The maximum absolute atomic E-state index is 13.0. The van der Waals surface area contributed by atoms with Gasteiger partial charge >= 0.3 is 0 Å². The van der Waals surface area contributed by atoms with Gasteiger partial charge in [-0.2, -0.15) is 5.26 Å². The molecule has 9 nitrogen and oxygen atoms in total. The summed E-state index contributed by atoms with van der Waals surface area (Å²) in [6, 6.07) is 5.86. The van der Waals surface area contributed by atoms with Gasteiger partial charge in [-0.25, -0.2) is 15.0 Å². The van der Waals surface area contributed by atoms with Gasteiger partial charge in [0.25, 0.3) is 5.91 Å². The van der Waals surface area contributed by atoms with Crippen LogP contribution in [-0.2, 0) is 14.9 Å². The van der Waals surface area contributed by atoms with E-state index in [-0.39, 0.29) is 23.5 Å². The van der Waals surface area contributed by atoms with E-state index in [0.717, 1.165) is 62.8 Å². The summed E-state index contributed by atoms with van der Waals surface area (Å²) in [5.74, 6) is 2.77. The normalized spacial score (nSPS) is 25.2. The number of hydrogen-bond donors (Lipinski definition) is 0. The predicted octanol–water partition coefficient (Wildman–Crippen LogP) is 2.53. The number of nitriles is 1. The first kappa shape index (κ1) is 21.3. The van der Waals surface area contributed by atoms with E-state index in [1.807, 2.05) is 11.0 Å². The standard InChI is InChI=1S/C25H29N7O2/c1-17-14-30(9-10-31(17)24(33)19-4-2-11-34-19)22-21-23(29-16-28-22)32(15-25(21)6-3-7-25)20-12-18(13-26)5-8-27-20/h5,8,12,16-17,19H,2-4,6-7,9-11,14-15H2,1H3. The lowest BCUT2D eigenvalue weighted by molar-refractivity contribution is -0.143. The molecule has 3 aliphatic heterocycles. The zero-order chi connectivity index (χ0) is 23.3. The van der Waals surface area contributed by atoms with Gasteiger partial charge in [-0.15, -0.1) is 0 Å². The average Bonchev–Trinajstić information content (AvgIpc) is 3.50. The first-order chi connectivity index (χ1) is 16.6. The topological polar surface area (TPSA) is 98.5 Å². The molecule has 3 fully saturated rings. The molecule has 5 heterocycles. The highest BCUT2D eigenvalue weighted by Gasteiger charge is 2.51. The van der Waals surface area contributed by atoms with E-state index in [1.54, 1.807) is 18.6 Å². The average molecular weight is 460 g/mol. The summed E-state index contributed by atoms with van der Waals surface area (Å²) < 4.78 is 5.65. The molecule has 2 saturated heterocycles. The highest BCUT2D eigenvalue weighted by Crippen LogP contribution is 2.56. The zero-order valence-corrected chi connectivity index (χ0v) is 19.5. The minimum absolute atomic E-state index is 0.0180. The number of nitrogens with zero attached hydrogens (tertiary/aromatic N) is 7. The Morgan fingerprint density at radius 2 is 2.06 bits per heavy atom. The summed E-state index contributed by atoms with van der Waals surface area (Å²) in [5, 5.41) is 9.36. The van der Waals surface area contributed by atoms with Gasteiger partial charge in [0, 0.05) is 56.0 Å². The number of anilines is 3. The van der Waals surface area contributed by atoms with E-state index < -0.39 is 0 Å². The van der Waals surface area contributed by atoms with Gasteiger partial charge in [-0.05, 0) is 44.7 Å². The molecule has 2 aromatic rings. The van der Waals surface area contributed by atoms with Gasteiger partial charge in [0.15, 0.2) is 0 Å². The van der Waals surface area contributed by atoms with E-state index in [4.69, 9.17) is 14.7 Å². The van der Waals surface area contributed by atoms with Crippen LogP contribution in [0.15, 0.2) is 24.7 Å². The van der Waals surface area contributed by atoms with Gasteiger partial charge < -0.3 is 19.4 Å². The number of carbonyl (C=O) groups excluding carboxylic acids is 1. The number of piperazine rings is 1. The van der Waals surface area contributed by atoms with Crippen LogP contribution >= 0.6 is 0 Å². The fourth-order valence-electron chi connectivity index (χ4n) is 6.01. The number of rotatable bonds is 3. The molecule has 1 amide bonds. The van der Waals surface area contributed by atoms with Crippen LogP contribution in [0.25, 0.3) is 0 Å². The molecule has 176 valence electrons. The molecular formula is C25H29N7O2. The molecular weight excluding hydrogens is 430 g/mol. The van der Waals surface area contributed by atoms with Gasteiger partial charge in [-0.3, -0.25) is 4.79 Å². The van der Waals surface area contributed by atoms with Crippen LogP contribution in [-0.4, -0.2) is 70.7 Å². The van der Waals surface area contributed by atoms with Crippen molar-refractivity contribution in [2.24, 2.45) is 0 Å². The molecule has 1 saturated carbocycles. The van der Waals surface area contributed by atoms with Crippen LogP contribution < -0.4 is 9.80 Å². The smallest absolute Gasteiger partial charge is 0.252 e. The molecule has 34 heavy (non-hydrogen) atoms. The lowest BCUT2D eigenvalue weighted by atomic mass is 9.66. The largest absolute Gasteiger partial charge is 0.368 e. The molecule has 9 heteroatoms. The Morgan fingerprint density at radius 3 is 2.76 bits per heavy atom. The summed E-state index contributed by atoms with van der Waals surface area (Å²) in [4.78, 5) is 33.5. The van der Waals surface area contributed by atoms with Crippen molar-refractivity contribution in [3.8, 4) is 6.07 Å². The molecule has 2 atom stereocenters. The second-order valence-electron chi connectivity index (χ2n) is 9.96. The number of hydrogen-bond acceptors (Lipinski definition) is 8. The van der Waals surface area contributed by atoms with Crippen molar-refractivity contribution < 1.29 is 9.53 Å². The molecule has 0 N–H and O–H groups in total. The number of carbonyl (C=O) groups is 1. The van der Waals surface area contributed by atoms with Crippen LogP contribution in [0.1, 0.15) is 50.2 Å². The second-order valence-corrected chi connectivity index (χ2v) is 9.96. The van der Waals surface area contributed by atoms with Crippen molar-refractivity contribution >= 4 is 23.4 Å². The van der Waals surface area contributed by atoms with Crippen molar-refractivity contribution in [1.82, 2.24) is 19.9 Å². The number of ether oxygens (including phenoxy) is 1. The van der Waals surface area contributed by atoms with Gasteiger partial charge in [-0.1, -0.05) is 6.42 Å². The van der Waals surface area contributed by atoms with E-state index in [9.17, 15) is 10.1 Å². The number of amides is 1. The Labute approximate surface area is 199 Å². The van der Waals surface area contributed by atoms with E-state index in [1.165, 1.54) is 12.0 Å². The van der Waals surface area contributed by atoms with Gasteiger partial charge in [0.1, 0.15) is 29.9 Å². The third-order valence-electron chi connectivity index (χ3n) is 7.93. The Hall–Kier alpha value is -3.25. The van der Waals surface area contributed by atoms with Crippen molar-refractivity contribution in [3.63, 3.8) is 0 Å². The Kier molecular flexibility index (Phi) is 5.14. The van der Waals surface area contributed by atoms with Crippen molar-refractivity contribution in [2.45, 2.75) is 56.6 Å². The second kappa shape index (κ2) is 8.20. The molecule has 0 radical (unpaired) electrons.